The average Bonchev–Trinajstić information content (AvgIpc) is 3.40. The highest BCUT2D eigenvalue weighted by atomic mass is 15.1. The number of hydrogen-bond donors (Lipinski definition) is 0. The molecule has 0 amide bonds. The van der Waals surface area contributed by atoms with Crippen LogP contribution in [-0.2, 0) is 5.41 Å². The number of benzene rings is 4. The predicted octanol–water partition coefficient (Wildman–Crippen LogP) is 9.17. The third kappa shape index (κ3) is 3.46. The number of anilines is 1. The fraction of sp³-hybridized carbons (Fsp3) is 0.273. The Kier molecular flexibility index (Phi) is 7.99. The number of nitrogens with zero attached hydrogens (tertiary/aromatic N) is 1. The Morgan fingerprint density at radius 2 is 0.824 bits per heavy atom. The molecular weight excluding hydrogens is 410 g/mol. The fourth-order valence-electron chi connectivity index (χ4n) is 5.50. The summed E-state index contributed by atoms with van der Waals surface area (Å²) in [6, 6.07) is 33.6. The molecule has 6 rings (SSSR count). The molecule has 0 aliphatic heterocycles. The van der Waals surface area contributed by atoms with Gasteiger partial charge < -0.3 is 4.90 Å². The van der Waals surface area contributed by atoms with Crippen LogP contribution in [0, 0.1) is 0 Å². The Morgan fingerprint density at radius 1 is 0.441 bits per heavy atom. The number of fused-ring (bicyclic) bond motifs is 10. The third-order valence-corrected chi connectivity index (χ3v) is 6.48. The molecule has 0 saturated heterocycles. The van der Waals surface area contributed by atoms with E-state index in [1.165, 1.54) is 50.2 Å². The number of hydrogen-bond acceptors (Lipinski definition) is 1. The highest BCUT2D eigenvalue weighted by Crippen LogP contribution is 2.63. The van der Waals surface area contributed by atoms with Crippen LogP contribution < -0.4 is 4.90 Å². The Labute approximate surface area is 207 Å². The van der Waals surface area contributed by atoms with E-state index in [-0.39, 0.29) is 5.41 Å². The summed E-state index contributed by atoms with van der Waals surface area (Å²) in [7, 11) is 4.28. The van der Waals surface area contributed by atoms with E-state index in [4.69, 9.17) is 0 Å². The zero-order valence-corrected chi connectivity index (χ0v) is 22.1. The fourth-order valence-corrected chi connectivity index (χ4v) is 5.50. The minimum atomic E-state index is -0.231. The zero-order chi connectivity index (χ0) is 24.9. The second-order valence-electron chi connectivity index (χ2n) is 7.98. The first-order valence-electron chi connectivity index (χ1n) is 12.8. The molecule has 0 atom stereocenters. The Bertz CT molecular complexity index is 1200. The first-order chi connectivity index (χ1) is 16.7. The lowest BCUT2D eigenvalue weighted by molar-refractivity contribution is 0.793. The van der Waals surface area contributed by atoms with Crippen molar-refractivity contribution in [2.45, 2.75) is 47.0 Å². The van der Waals surface area contributed by atoms with E-state index in [0.29, 0.717) is 0 Å². The molecule has 0 aromatic heterocycles. The summed E-state index contributed by atoms with van der Waals surface area (Å²) in [5.74, 6) is 0. The molecule has 1 spiro atoms. The van der Waals surface area contributed by atoms with Gasteiger partial charge in [0, 0.05) is 25.3 Å². The molecule has 2 aliphatic carbocycles. The molecule has 4 aromatic rings. The minimum absolute atomic E-state index is 0.231. The molecule has 2 aliphatic rings. The highest BCUT2D eigenvalue weighted by Gasteiger charge is 2.51. The van der Waals surface area contributed by atoms with Crippen molar-refractivity contribution in [3.05, 3.63) is 113 Å². The van der Waals surface area contributed by atoms with Crippen LogP contribution in [0.3, 0.4) is 0 Å². The minimum Gasteiger partial charge on any atom is -0.377 e. The van der Waals surface area contributed by atoms with Crippen LogP contribution in [0.4, 0.5) is 5.69 Å². The van der Waals surface area contributed by atoms with E-state index in [1.807, 2.05) is 41.5 Å². The predicted molar refractivity (Wildman–Crippen MR) is 151 cm³/mol. The second kappa shape index (κ2) is 10.7. The Balaban J connectivity index is 0.000000503. The summed E-state index contributed by atoms with van der Waals surface area (Å²) in [5.41, 5.74) is 12.1. The standard InChI is InChI=1S/C27H21N.3C2H6/c1-28(2)25-17-9-16-24-26(25)20-12-5-8-15-23(20)27(24)21-13-6-3-10-18(21)19-11-4-7-14-22(19)27;3*1-2/h3-17H,1-2H3;3*1-2H3. The van der Waals surface area contributed by atoms with Gasteiger partial charge in [0.05, 0.1) is 5.41 Å². The summed E-state index contributed by atoms with van der Waals surface area (Å²) in [6.07, 6.45) is 0. The van der Waals surface area contributed by atoms with Crippen molar-refractivity contribution in [1.29, 1.82) is 0 Å². The largest absolute Gasteiger partial charge is 0.377 e. The molecule has 1 heteroatoms. The van der Waals surface area contributed by atoms with Gasteiger partial charge in [0.2, 0.25) is 0 Å². The molecule has 0 radical (unpaired) electrons. The maximum atomic E-state index is 2.33. The van der Waals surface area contributed by atoms with Crippen molar-refractivity contribution < 1.29 is 0 Å². The van der Waals surface area contributed by atoms with Crippen molar-refractivity contribution in [2.24, 2.45) is 0 Å². The van der Waals surface area contributed by atoms with Gasteiger partial charge in [0.25, 0.3) is 0 Å². The van der Waals surface area contributed by atoms with Gasteiger partial charge in [-0.25, -0.2) is 0 Å². The maximum absolute atomic E-state index is 2.33. The van der Waals surface area contributed by atoms with Crippen LogP contribution in [0.2, 0.25) is 0 Å². The van der Waals surface area contributed by atoms with Gasteiger partial charge >= 0.3 is 0 Å². The normalized spacial score (nSPS) is 12.4. The van der Waals surface area contributed by atoms with Crippen LogP contribution in [0.1, 0.15) is 63.8 Å². The molecule has 1 nitrogen and oxygen atoms in total. The Hall–Kier alpha value is -3.32. The van der Waals surface area contributed by atoms with Crippen molar-refractivity contribution in [1.82, 2.24) is 0 Å². The molecule has 4 aromatic carbocycles. The van der Waals surface area contributed by atoms with Gasteiger partial charge in [0.1, 0.15) is 0 Å². The van der Waals surface area contributed by atoms with Crippen molar-refractivity contribution in [2.75, 3.05) is 19.0 Å². The van der Waals surface area contributed by atoms with Crippen LogP contribution in [0.25, 0.3) is 22.3 Å². The first-order valence-corrected chi connectivity index (χ1v) is 12.8. The molecule has 0 unspecified atom stereocenters. The summed E-state index contributed by atoms with van der Waals surface area (Å²) in [6.45, 7) is 12.0. The molecule has 176 valence electrons. The van der Waals surface area contributed by atoms with Crippen LogP contribution in [-0.4, -0.2) is 14.1 Å². The van der Waals surface area contributed by atoms with Crippen molar-refractivity contribution >= 4 is 5.69 Å². The van der Waals surface area contributed by atoms with Crippen molar-refractivity contribution in [3.63, 3.8) is 0 Å². The summed E-state index contributed by atoms with van der Waals surface area (Å²) >= 11 is 0. The number of rotatable bonds is 1. The van der Waals surface area contributed by atoms with Crippen LogP contribution in [0.5, 0.6) is 0 Å². The highest BCUT2D eigenvalue weighted by molar-refractivity contribution is 5.98. The molecule has 34 heavy (non-hydrogen) atoms. The molecule has 0 N–H and O–H groups in total. The lowest BCUT2D eigenvalue weighted by atomic mass is 9.70. The second-order valence-corrected chi connectivity index (χ2v) is 7.98. The van der Waals surface area contributed by atoms with E-state index in [0.717, 1.165) is 0 Å². The van der Waals surface area contributed by atoms with Gasteiger partial charge in [-0.3, -0.25) is 0 Å². The monoisotopic (exact) mass is 449 g/mol. The zero-order valence-electron chi connectivity index (χ0n) is 22.1. The lowest BCUT2D eigenvalue weighted by Gasteiger charge is -2.30. The van der Waals surface area contributed by atoms with Crippen LogP contribution >= 0.6 is 0 Å². The summed E-state index contributed by atoms with van der Waals surface area (Å²) < 4.78 is 0. The van der Waals surface area contributed by atoms with Gasteiger partial charge in [-0.05, 0) is 45.0 Å². The molecule has 0 heterocycles. The van der Waals surface area contributed by atoms with Gasteiger partial charge in [0.15, 0.2) is 0 Å². The maximum Gasteiger partial charge on any atom is 0.0726 e. The third-order valence-electron chi connectivity index (χ3n) is 6.48. The lowest BCUT2D eigenvalue weighted by Crippen LogP contribution is -2.26. The van der Waals surface area contributed by atoms with E-state index in [2.05, 4.69) is 110 Å². The summed E-state index contributed by atoms with van der Waals surface area (Å²) in [5, 5.41) is 0. The van der Waals surface area contributed by atoms with Crippen molar-refractivity contribution in [3.8, 4) is 22.3 Å². The topological polar surface area (TPSA) is 3.24 Å². The van der Waals surface area contributed by atoms with E-state index >= 15 is 0 Å². The van der Waals surface area contributed by atoms with E-state index in [1.54, 1.807) is 0 Å². The molecule has 0 saturated carbocycles. The molecule has 0 fully saturated rings. The SMILES string of the molecule is CC.CC.CC.CN(C)c1cccc2c1-c1ccccc1C21c2ccccc2-c2ccccc21. The van der Waals surface area contributed by atoms with E-state index in [9.17, 15) is 0 Å². The van der Waals surface area contributed by atoms with Gasteiger partial charge in [-0.1, -0.05) is 126 Å². The quantitative estimate of drug-likeness (QED) is 0.242. The van der Waals surface area contributed by atoms with Crippen LogP contribution in [0.15, 0.2) is 91.0 Å². The Morgan fingerprint density at radius 3 is 1.29 bits per heavy atom. The van der Waals surface area contributed by atoms with E-state index < -0.39 is 0 Å². The van der Waals surface area contributed by atoms with Gasteiger partial charge in [-0.2, -0.15) is 0 Å². The summed E-state index contributed by atoms with van der Waals surface area (Å²) in [4.78, 5) is 2.24. The van der Waals surface area contributed by atoms with Gasteiger partial charge in [-0.15, -0.1) is 0 Å². The molecular formula is C33H39N. The first kappa shape index (κ1) is 25.3. The smallest absolute Gasteiger partial charge is 0.0726 e. The average molecular weight is 450 g/mol. The molecule has 0 bridgehead atoms.